The van der Waals surface area contributed by atoms with Gasteiger partial charge in [-0.05, 0) is 40.9 Å². The quantitative estimate of drug-likeness (QED) is 0.202. The van der Waals surface area contributed by atoms with Gasteiger partial charge in [0.2, 0.25) is 0 Å². The van der Waals surface area contributed by atoms with Crippen molar-refractivity contribution in [3.8, 4) is 5.75 Å². The van der Waals surface area contributed by atoms with Crippen LogP contribution < -0.4 is 0 Å². The maximum absolute atomic E-state index is 11.6. The molecule has 0 fully saturated rings. The molecular formula is C30H52O3. The molecule has 1 aromatic carbocycles. The number of aliphatic carboxylic acids is 1. The molecule has 0 heterocycles. The van der Waals surface area contributed by atoms with Crippen LogP contribution in [0.2, 0.25) is 0 Å². The van der Waals surface area contributed by atoms with Crippen molar-refractivity contribution in [3.05, 3.63) is 28.8 Å². The van der Waals surface area contributed by atoms with Gasteiger partial charge >= 0.3 is 5.97 Å². The van der Waals surface area contributed by atoms with Gasteiger partial charge in [0, 0.05) is 0 Å². The van der Waals surface area contributed by atoms with E-state index in [-0.39, 0.29) is 24.2 Å². The molecule has 1 atom stereocenters. The number of carboxylic acids is 1. The summed E-state index contributed by atoms with van der Waals surface area (Å²) in [6.07, 6.45) is 18.3. The van der Waals surface area contributed by atoms with Crippen LogP contribution in [0.15, 0.2) is 12.1 Å². The maximum Gasteiger partial charge on any atom is 0.303 e. The number of phenols is 1. The minimum absolute atomic E-state index is 0.0193. The molecule has 190 valence electrons. The zero-order valence-corrected chi connectivity index (χ0v) is 22.3. The van der Waals surface area contributed by atoms with Crippen LogP contribution >= 0.6 is 0 Å². The molecule has 1 aromatic rings. The van der Waals surface area contributed by atoms with Crippen LogP contribution in [0.1, 0.15) is 165 Å². The summed E-state index contributed by atoms with van der Waals surface area (Å²) in [7, 11) is 0. The summed E-state index contributed by atoms with van der Waals surface area (Å²) in [6, 6.07) is 4.11. The molecule has 0 bridgehead atoms. The maximum atomic E-state index is 11.6. The second-order valence-corrected chi connectivity index (χ2v) is 10.7. The molecule has 0 saturated carbocycles. The molecule has 1 rings (SSSR count). The normalized spacial score (nSPS) is 12.6. The van der Waals surface area contributed by atoms with Crippen molar-refractivity contribution in [2.24, 2.45) is 0 Å². The van der Waals surface area contributed by atoms with Crippen LogP contribution in [-0.4, -0.2) is 16.2 Å². The molecule has 2 N–H and O–H groups in total. The summed E-state index contributed by atoms with van der Waals surface area (Å²) >= 11 is 0. The van der Waals surface area contributed by atoms with Crippen molar-refractivity contribution in [2.45, 2.75) is 149 Å². The Hall–Kier alpha value is -1.51. The average Bonchev–Trinajstić information content (AvgIpc) is 2.75. The molecule has 0 aromatic heterocycles. The Balaban J connectivity index is 2.47. The van der Waals surface area contributed by atoms with Crippen molar-refractivity contribution >= 4 is 5.97 Å². The Bertz CT molecular complexity index is 634. The van der Waals surface area contributed by atoms with Crippen LogP contribution in [0, 0.1) is 0 Å². The molecule has 0 spiro atoms. The van der Waals surface area contributed by atoms with Crippen molar-refractivity contribution in [2.75, 3.05) is 0 Å². The molecule has 0 aliphatic rings. The van der Waals surface area contributed by atoms with Crippen molar-refractivity contribution < 1.29 is 15.0 Å². The summed E-state index contributed by atoms with van der Waals surface area (Å²) in [6.45, 7) is 10.6. The van der Waals surface area contributed by atoms with Crippen LogP contribution in [0.3, 0.4) is 0 Å². The summed E-state index contributed by atoms with van der Waals surface area (Å²) in [5.41, 5.74) is 2.97. The van der Waals surface area contributed by atoms with Crippen LogP contribution in [0.5, 0.6) is 5.75 Å². The minimum atomic E-state index is -0.736. The summed E-state index contributed by atoms with van der Waals surface area (Å²) in [5.74, 6) is 0.0955. The highest BCUT2D eigenvalue weighted by molar-refractivity contribution is 5.68. The molecule has 33 heavy (non-hydrogen) atoms. The van der Waals surface area contributed by atoms with Gasteiger partial charge in [-0.15, -0.1) is 0 Å². The van der Waals surface area contributed by atoms with E-state index in [4.69, 9.17) is 0 Å². The predicted molar refractivity (Wildman–Crippen MR) is 142 cm³/mol. The van der Waals surface area contributed by atoms with Crippen LogP contribution in [0.4, 0.5) is 0 Å². The summed E-state index contributed by atoms with van der Waals surface area (Å²) in [4.78, 5) is 11.6. The van der Waals surface area contributed by atoms with Gasteiger partial charge in [0.1, 0.15) is 5.75 Å². The lowest BCUT2D eigenvalue weighted by molar-refractivity contribution is -0.137. The third kappa shape index (κ3) is 12.0. The second kappa shape index (κ2) is 17.0. The first kappa shape index (κ1) is 29.5. The van der Waals surface area contributed by atoms with E-state index >= 15 is 0 Å². The lowest BCUT2D eigenvalue weighted by Gasteiger charge is -2.22. The lowest BCUT2D eigenvalue weighted by atomic mass is 9.84. The van der Waals surface area contributed by atoms with Crippen molar-refractivity contribution in [3.63, 3.8) is 0 Å². The third-order valence-electron chi connectivity index (χ3n) is 6.98. The van der Waals surface area contributed by atoms with E-state index in [1.165, 1.54) is 77.0 Å². The zero-order valence-electron chi connectivity index (χ0n) is 22.3. The largest absolute Gasteiger partial charge is 0.507 e. The van der Waals surface area contributed by atoms with Crippen molar-refractivity contribution in [1.29, 1.82) is 0 Å². The highest BCUT2D eigenvalue weighted by Crippen LogP contribution is 2.38. The van der Waals surface area contributed by atoms with E-state index in [0.29, 0.717) is 5.75 Å². The highest BCUT2D eigenvalue weighted by atomic mass is 16.4. The fraction of sp³-hybridized carbons (Fsp3) is 0.767. The van der Waals surface area contributed by atoms with Gasteiger partial charge in [-0.25, -0.2) is 0 Å². The summed E-state index contributed by atoms with van der Waals surface area (Å²) < 4.78 is 0. The third-order valence-corrected chi connectivity index (χ3v) is 6.98. The Kier molecular flexibility index (Phi) is 15.2. The SMILES string of the molecule is CCCCCCCCCCCCCCCC(CC(=O)O)c1cc(C(C)C)c(O)c(C(C)C)c1. The molecule has 1 unspecified atom stereocenters. The number of carboxylic acid groups (broad SMARTS) is 1. The molecule has 3 nitrogen and oxygen atoms in total. The molecule has 0 aliphatic heterocycles. The van der Waals surface area contributed by atoms with E-state index in [0.717, 1.165) is 29.5 Å². The molecule has 0 amide bonds. The van der Waals surface area contributed by atoms with Crippen LogP contribution in [0.25, 0.3) is 0 Å². The van der Waals surface area contributed by atoms with Crippen molar-refractivity contribution in [1.82, 2.24) is 0 Å². The van der Waals surface area contributed by atoms with Crippen LogP contribution in [-0.2, 0) is 4.79 Å². The number of carbonyl (C=O) groups is 1. The van der Waals surface area contributed by atoms with E-state index < -0.39 is 5.97 Å². The van der Waals surface area contributed by atoms with Gasteiger partial charge in [-0.3, -0.25) is 4.79 Å². The monoisotopic (exact) mass is 460 g/mol. The standard InChI is InChI=1S/C30H52O3/c1-6-7-8-9-10-11-12-13-14-15-16-17-18-19-25(22-29(31)32)26-20-27(23(2)3)30(33)28(21-26)24(4)5/h20-21,23-25,33H,6-19,22H2,1-5H3,(H,31,32). The molecule has 3 heteroatoms. The minimum Gasteiger partial charge on any atom is -0.507 e. The first-order valence-electron chi connectivity index (χ1n) is 13.9. The topological polar surface area (TPSA) is 57.5 Å². The second-order valence-electron chi connectivity index (χ2n) is 10.7. The highest BCUT2D eigenvalue weighted by Gasteiger charge is 2.21. The van der Waals surface area contributed by atoms with Gasteiger partial charge in [0.15, 0.2) is 0 Å². The first-order chi connectivity index (χ1) is 15.8. The predicted octanol–water partition coefficient (Wildman–Crippen LogP) is 9.68. The first-order valence-corrected chi connectivity index (χ1v) is 13.9. The Morgan fingerprint density at radius 2 is 1.12 bits per heavy atom. The number of unbranched alkanes of at least 4 members (excludes halogenated alkanes) is 12. The Morgan fingerprint density at radius 1 is 0.727 bits per heavy atom. The fourth-order valence-electron chi connectivity index (χ4n) is 4.83. The van der Waals surface area contributed by atoms with Gasteiger partial charge in [0.05, 0.1) is 6.42 Å². The van der Waals surface area contributed by atoms with Gasteiger partial charge in [-0.1, -0.05) is 130 Å². The van der Waals surface area contributed by atoms with E-state index in [9.17, 15) is 15.0 Å². The molecular weight excluding hydrogens is 408 g/mol. The Labute approximate surface area is 204 Å². The Morgan fingerprint density at radius 3 is 1.48 bits per heavy atom. The van der Waals surface area contributed by atoms with Gasteiger partial charge < -0.3 is 10.2 Å². The number of hydrogen-bond acceptors (Lipinski definition) is 2. The lowest BCUT2D eigenvalue weighted by Crippen LogP contribution is -2.09. The number of rotatable bonds is 19. The summed E-state index contributed by atoms with van der Waals surface area (Å²) in [5, 5.41) is 20.2. The number of benzene rings is 1. The number of aromatic hydroxyl groups is 1. The number of hydrogen-bond donors (Lipinski definition) is 2. The van der Waals surface area contributed by atoms with E-state index in [2.05, 4.69) is 46.8 Å². The number of phenolic OH excluding ortho intramolecular Hbond substituents is 1. The zero-order chi connectivity index (χ0) is 24.6. The molecule has 0 aliphatic carbocycles. The van der Waals surface area contributed by atoms with Gasteiger partial charge in [0.25, 0.3) is 0 Å². The fourth-order valence-corrected chi connectivity index (χ4v) is 4.83. The molecule has 0 saturated heterocycles. The smallest absolute Gasteiger partial charge is 0.303 e. The van der Waals surface area contributed by atoms with E-state index in [1.807, 2.05) is 0 Å². The van der Waals surface area contributed by atoms with Gasteiger partial charge in [-0.2, -0.15) is 0 Å². The average molecular weight is 461 g/mol. The van der Waals surface area contributed by atoms with E-state index in [1.54, 1.807) is 0 Å². The molecule has 0 radical (unpaired) electrons.